The zero-order valence-electron chi connectivity index (χ0n) is 8.71. The molecular formula is C13H10Cl2S. The van der Waals surface area contributed by atoms with Crippen LogP contribution in [0.25, 0.3) is 11.1 Å². The van der Waals surface area contributed by atoms with Gasteiger partial charge in [0.05, 0.1) is 10.0 Å². The summed E-state index contributed by atoms with van der Waals surface area (Å²) in [5, 5.41) is 1.18. The molecule has 0 N–H and O–H groups in total. The first-order chi connectivity index (χ1) is 7.72. The van der Waals surface area contributed by atoms with Crippen molar-refractivity contribution >= 4 is 35.0 Å². The van der Waals surface area contributed by atoms with Crippen LogP contribution in [0.1, 0.15) is 0 Å². The standard InChI is InChI=1S/C13H10Cl2S/c1-16-13-5-3-2-4-10(13)9-6-7-11(14)12(15)8-9/h2-8H,1H3. The zero-order chi connectivity index (χ0) is 11.5. The lowest BCUT2D eigenvalue weighted by Crippen LogP contribution is -1.81. The van der Waals surface area contributed by atoms with E-state index in [9.17, 15) is 0 Å². The predicted octanol–water partition coefficient (Wildman–Crippen LogP) is 5.38. The lowest BCUT2D eigenvalue weighted by atomic mass is 10.1. The molecule has 0 spiro atoms. The summed E-state index contributed by atoms with van der Waals surface area (Å²) in [5.74, 6) is 0. The average Bonchev–Trinajstić information content (AvgIpc) is 2.32. The molecule has 3 heteroatoms. The summed E-state index contributed by atoms with van der Waals surface area (Å²) >= 11 is 13.6. The number of rotatable bonds is 2. The van der Waals surface area contributed by atoms with Crippen molar-refractivity contribution in [2.75, 3.05) is 6.26 Å². The molecule has 2 aromatic rings. The quantitative estimate of drug-likeness (QED) is 0.659. The second kappa shape index (κ2) is 5.13. The van der Waals surface area contributed by atoms with Gasteiger partial charge in [0.25, 0.3) is 0 Å². The molecule has 0 amide bonds. The molecule has 0 atom stereocenters. The summed E-state index contributed by atoms with van der Waals surface area (Å²) < 4.78 is 0. The minimum absolute atomic E-state index is 0.590. The van der Waals surface area contributed by atoms with Crippen LogP contribution < -0.4 is 0 Å². The van der Waals surface area contributed by atoms with Crippen LogP contribution in [-0.4, -0.2) is 6.26 Å². The van der Waals surface area contributed by atoms with Gasteiger partial charge in [-0.1, -0.05) is 47.5 Å². The maximum absolute atomic E-state index is 6.02. The first-order valence-corrected chi connectivity index (χ1v) is 6.79. The summed E-state index contributed by atoms with van der Waals surface area (Å²) in [6, 6.07) is 14.0. The van der Waals surface area contributed by atoms with Crippen molar-refractivity contribution in [3.8, 4) is 11.1 Å². The van der Waals surface area contributed by atoms with E-state index in [1.165, 1.54) is 10.5 Å². The third kappa shape index (κ3) is 2.37. The molecule has 0 aliphatic rings. The van der Waals surface area contributed by atoms with Crippen LogP contribution in [-0.2, 0) is 0 Å². The van der Waals surface area contributed by atoms with Crippen LogP contribution >= 0.6 is 35.0 Å². The third-order valence-electron chi connectivity index (χ3n) is 2.34. The highest BCUT2D eigenvalue weighted by atomic mass is 35.5. The fourth-order valence-electron chi connectivity index (χ4n) is 1.55. The second-order valence-electron chi connectivity index (χ2n) is 3.33. The third-order valence-corrected chi connectivity index (χ3v) is 3.87. The molecular weight excluding hydrogens is 259 g/mol. The molecule has 16 heavy (non-hydrogen) atoms. The molecule has 0 fully saturated rings. The normalized spacial score (nSPS) is 10.4. The van der Waals surface area contributed by atoms with Gasteiger partial charge in [-0.05, 0) is 35.6 Å². The number of benzene rings is 2. The maximum Gasteiger partial charge on any atom is 0.0598 e. The fraction of sp³-hybridized carbons (Fsp3) is 0.0769. The Morgan fingerprint density at radius 1 is 0.938 bits per heavy atom. The van der Waals surface area contributed by atoms with Gasteiger partial charge in [0.15, 0.2) is 0 Å². The molecule has 0 aliphatic carbocycles. The Morgan fingerprint density at radius 3 is 2.38 bits per heavy atom. The van der Waals surface area contributed by atoms with Gasteiger partial charge in [0.2, 0.25) is 0 Å². The molecule has 82 valence electrons. The van der Waals surface area contributed by atoms with Crippen molar-refractivity contribution in [3.05, 3.63) is 52.5 Å². The van der Waals surface area contributed by atoms with E-state index in [2.05, 4.69) is 18.4 Å². The summed E-state index contributed by atoms with van der Waals surface area (Å²) in [6.07, 6.45) is 2.07. The SMILES string of the molecule is CSc1ccccc1-c1ccc(Cl)c(Cl)c1. The molecule has 0 heterocycles. The first-order valence-electron chi connectivity index (χ1n) is 4.81. The Morgan fingerprint density at radius 2 is 1.69 bits per heavy atom. The van der Waals surface area contributed by atoms with E-state index in [1.807, 2.05) is 30.3 Å². The van der Waals surface area contributed by atoms with Gasteiger partial charge in [-0.2, -0.15) is 0 Å². The summed E-state index contributed by atoms with van der Waals surface area (Å²) in [6.45, 7) is 0. The number of halogens is 2. The van der Waals surface area contributed by atoms with Gasteiger partial charge in [0, 0.05) is 4.90 Å². The van der Waals surface area contributed by atoms with Gasteiger partial charge >= 0.3 is 0 Å². The Hall–Kier alpha value is -0.630. The van der Waals surface area contributed by atoms with E-state index in [-0.39, 0.29) is 0 Å². The van der Waals surface area contributed by atoms with Crippen molar-refractivity contribution in [1.82, 2.24) is 0 Å². The highest BCUT2D eigenvalue weighted by Crippen LogP contribution is 2.33. The summed E-state index contributed by atoms with van der Waals surface area (Å²) in [4.78, 5) is 1.24. The van der Waals surface area contributed by atoms with E-state index in [1.54, 1.807) is 11.8 Å². The van der Waals surface area contributed by atoms with Crippen LogP contribution in [0.15, 0.2) is 47.4 Å². The van der Waals surface area contributed by atoms with Crippen molar-refractivity contribution in [3.63, 3.8) is 0 Å². The molecule has 2 aromatic carbocycles. The molecule has 0 unspecified atom stereocenters. The van der Waals surface area contributed by atoms with Crippen LogP contribution in [0, 0.1) is 0 Å². The van der Waals surface area contributed by atoms with Crippen LogP contribution in [0.4, 0.5) is 0 Å². The van der Waals surface area contributed by atoms with Crippen molar-refractivity contribution in [2.45, 2.75) is 4.90 Å². The van der Waals surface area contributed by atoms with Gasteiger partial charge in [-0.15, -0.1) is 11.8 Å². The largest absolute Gasteiger partial charge is 0.129 e. The number of thioether (sulfide) groups is 1. The molecule has 0 saturated heterocycles. The van der Waals surface area contributed by atoms with Crippen LogP contribution in [0.5, 0.6) is 0 Å². The molecule has 0 saturated carbocycles. The van der Waals surface area contributed by atoms with E-state index in [0.717, 1.165) is 5.56 Å². The molecule has 0 aliphatic heterocycles. The summed E-state index contributed by atoms with van der Waals surface area (Å²) in [5.41, 5.74) is 2.29. The van der Waals surface area contributed by atoms with Crippen LogP contribution in [0.2, 0.25) is 10.0 Å². The zero-order valence-corrected chi connectivity index (χ0v) is 11.0. The van der Waals surface area contributed by atoms with Gasteiger partial charge in [-0.3, -0.25) is 0 Å². The lowest BCUT2D eigenvalue weighted by molar-refractivity contribution is 1.45. The highest BCUT2D eigenvalue weighted by Gasteiger charge is 2.05. The minimum atomic E-state index is 0.590. The molecule has 0 aromatic heterocycles. The van der Waals surface area contributed by atoms with Crippen molar-refractivity contribution in [1.29, 1.82) is 0 Å². The Labute approximate surface area is 110 Å². The topological polar surface area (TPSA) is 0 Å². The van der Waals surface area contributed by atoms with E-state index >= 15 is 0 Å². The van der Waals surface area contributed by atoms with E-state index in [4.69, 9.17) is 23.2 Å². The average molecular weight is 269 g/mol. The van der Waals surface area contributed by atoms with E-state index < -0.39 is 0 Å². The second-order valence-corrected chi connectivity index (χ2v) is 4.99. The predicted molar refractivity (Wildman–Crippen MR) is 73.7 cm³/mol. The Balaban J connectivity index is 2.54. The number of hydrogen-bond acceptors (Lipinski definition) is 1. The monoisotopic (exact) mass is 268 g/mol. The number of hydrogen-bond donors (Lipinski definition) is 0. The molecule has 2 rings (SSSR count). The van der Waals surface area contributed by atoms with E-state index in [0.29, 0.717) is 10.0 Å². The van der Waals surface area contributed by atoms with Crippen molar-refractivity contribution < 1.29 is 0 Å². The molecule has 0 radical (unpaired) electrons. The molecule has 0 bridgehead atoms. The Bertz CT molecular complexity index is 509. The fourth-order valence-corrected chi connectivity index (χ4v) is 2.47. The van der Waals surface area contributed by atoms with Gasteiger partial charge in [-0.25, -0.2) is 0 Å². The lowest BCUT2D eigenvalue weighted by Gasteiger charge is -2.08. The van der Waals surface area contributed by atoms with Crippen molar-refractivity contribution in [2.24, 2.45) is 0 Å². The highest BCUT2D eigenvalue weighted by molar-refractivity contribution is 7.98. The maximum atomic E-state index is 6.02. The van der Waals surface area contributed by atoms with Crippen LogP contribution in [0.3, 0.4) is 0 Å². The van der Waals surface area contributed by atoms with Gasteiger partial charge < -0.3 is 0 Å². The molecule has 0 nitrogen and oxygen atoms in total. The smallest absolute Gasteiger partial charge is 0.0598 e. The minimum Gasteiger partial charge on any atom is -0.129 e. The Kier molecular flexibility index (Phi) is 3.80. The van der Waals surface area contributed by atoms with Gasteiger partial charge in [0.1, 0.15) is 0 Å². The first kappa shape index (κ1) is 11.8. The summed E-state index contributed by atoms with van der Waals surface area (Å²) in [7, 11) is 0.